The molecular weight excluding hydrogens is 164 g/mol. The van der Waals surface area contributed by atoms with Crippen molar-refractivity contribution in [3.05, 3.63) is 35.9 Å². The van der Waals surface area contributed by atoms with Crippen molar-refractivity contribution in [2.45, 2.75) is 19.4 Å². The summed E-state index contributed by atoms with van der Waals surface area (Å²) in [6, 6.07) is 9.17. The Hall–Kier alpha value is -1.15. The van der Waals surface area contributed by atoms with Crippen molar-refractivity contribution in [3.63, 3.8) is 0 Å². The van der Waals surface area contributed by atoms with E-state index in [0.29, 0.717) is 5.56 Å². The topological polar surface area (TPSA) is 26.3 Å². The molecule has 1 rings (SSSR count). The fourth-order valence-electron chi connectivity index (χ4n) is 1.03. The zero-order valence-corrected chi connectivity index (χ0v) is 8.20. The van der Waals surface area contributed by atoms with Crippen LogP contribution in [0.15, 0.2) is 30.3 Å². The van der Waals surface area contributed by atoms with E-state index >= 15 is 0 Å². The van der Waals surface area contributed by atoms with Gasteiger partial charge in [-0.25, -0.2) is 0 Å². The first kappa shape index (κ1) is 9.93. The van der Waals surface area contributed by atoms with Gasteiger partial charge in [0.2, 0.25) is 0 Å². The number of ketones is 1. The van der Waals surface area contributed by atoms with Gasteiger partial charge >= 0.3 is 0 Å². The molecule has 2 heteroatoms. The number of rotatable bonds is 3. The van der Waals surface area contributed by atoms with E-state index in [1.807, 2.05) is 18.2 Å². The number of hydrogen-bond acceptors (Lipinski definition) is 2. The van der Waals surface area contributed by atoms with Crippen LogP contribution in [-0.4, -0.2) is 18.5 Å². The summed E-state index contributed by atoms with van der Waals surface area (Å²) in [6.07, 6.45) is 0. The maximum Gasteiger partial charge on any atom is 0.194 e. The molecule has 0 unspecified atom stereocenters. The molecule has 1 aromatic rings. The second kappa shape index (κ2) is 3.71. The molecular formula is C11H14O2. The van der Waals surface area contributed by atoms with Gasteiger partial charge in [-0.2, -0.15) is 0 Å². The molecule has 1 aromatic carbocycles. The lowest BCUT2D eigenvalue weighted by Crippen LogP contribution is -2.33. The molecule has 0 fully saturated rings. The number of Topliss-reactive ketones (excluding diaryl/α,β-unsaturated/α-hetero) is 1. The first-order valence-electron chi connectivity index (χ1n) is 4.23. The van der Waals surface area contributed by atoms with Gasteiger partial charge in [0.05, 0.1) is 0 Å². The second-order valence-corrected chi connectivity index (χ2v) is 3.41. The van der Waals surface area contributed by atoms with Gasteiger partial charge in [0.25, 0.3) is 0 Å². The van der Waals surface area contributed by atoms with Gasteiger partial charge in [-0.1, -0.05) is 30.3 Å². The monoisotopic (exact) mass is 178 g/mol. The molecule has 0 aromatic heterocycles. The van der Waals surface area contributed by atoms with Crippen molar-refractivity contribution in [2.75, 3.05) is 7.11 Å². The lowest BCUT2D eigenvalue weighted by Gasteiger charge is -2.20. The van der Waals surface area contributed by atoms with E-state index in [1.165, 1.54) is 0 Å². The molecule has 13 heavy (non-hydrogen) atoms. The highest BCUT2D eigenvalue weighted by atomic mass is 16.5. The quantitative estimate of drug-likeness (QED) is 0.664. The van der Waals surface area contributed by atoms with Crippen LogP contribution in [0.1, 0.15) is 24.2 Å². The maximum atomic E-state index is 11.8. The second-order valence-electron chi connectivity index (χ2n) is 3.41. The number of hydrogen-bond donors (Lipinski definition) is 0. The normalized spacial score (nSPS) is 11.3. The van der Waals surface area contributed by atoms with Crippen LogP contribution in [-0.2, 0) is 4.74 Å². The van der Waals surface area contributed by atoms with Gasteiger partial charge in [-0.3, -0.25) is 4.79 Å². The summed E-state index contributed by atoms with van der Waals surface area (Å²) in [5.41, 5.74) is -0.0456. The first-order valence-corrected chi connectivity index (χ1v) is 4.23. The number of carbonyl (C=O) groups excluding carboxylic acids is 1. The molecule has 0 aliphatic rings. The van der Waals surface area contributed by atoms with Crippen molar-refractivity contribution in [3.8, 4) is 0 Å². The third kappa shape index (κ3) is 2.16. The Labute approximate surface area is 78.5 Å². The van der Waals surface area contributed by atoms with Gasteiger partial charge in [0.1, 0.15) is 5.60 Å². The van der Waals surface area contributed by atoms with Crippen LogP contribution in [0.2, 0.25) is 0 Å². The highest BCUT2D eigenvalue weighted by Crippen LogP contribution is 2.15. The Bertz CT molecular complexity index is 288. The average Bonchev–Trinajstić information content (AvgIpc) is 2.18. The van der Waals surface area contributed by atoms with Gasteiger partial charge in [0.15, 0.2) is 5.78 Å². The van der Waals surface area contributed by atoms with Crippen molar-refractivity contribution in [1.29, 1.82) is 0 Å². The number of carbonyl (C=O) groups is 1. The smallest absolute Gasteiger partial charge is 0.194 e. The molecule has 0 atom stereocenters. The molecule has 0 heterocycles. The van der Waals surface area contributed by atoms with Crippen LogP contribution >= 0.6 is 0 Å². The van der Waals surface area contributed by atoms with Crippen molar-refractivity contribution >= 4 is 5.78 Å². The van der Waals surface area contributed by atoms with Gasteiger partial charge in [0, 0.05) is 12.7 Å². The zero-order valence-electron chi connectivity index (χ0n) is 8.20. The van der Waals surface area contributed by atoms with Gasteiger partial charge < -0.3 is 4.74 Å². The summed E-state index contributed by atoms with van der Waals surface area (Å²) in [6.45, 7) is 3.53. The number of benzene rings is 1. The van der Waals surface area contributed by atoms with Crippen LogP contribution in [0.5, 0.6) is 0 Å². The lowest BCUT2D eigenvalue weighted by atomic mass is 9.97. The van der Waals surface area contributed by atoms with E-state index in [2.05, 4.69) is 0 Å². The lowest BCUT2D eigenvalue weighted by molar-refractivity contribution is 0.0228. The minimum Gasteiger partial charge on any atom is -0.371 e. The molecule has 0 aliphatic heterocycles. The molecule has 0 spiro atoms. The van der Waals surface area contributed by atoms with Gasteiger partial charge in [-0.15, -0.1) is 0 Å². The Morgan fingerprint density at radius 3 is 2.23 bits per heavy atom. The Morgan fingerprint density at radius 2 is 1.77 bits per heavy atom. The molecule has 0 bridgehead atoms. The molecule has 0 radical (unpaired) electrons. The molecule has 70 valence electrons. The Balaban J connectivity index is 2.93. The molecule has 0 amide bonds. The first-order chi connectivity index (χ1) is 6.08. The van der Waals surface area contributed by atoms with Crippen molar-refractivity contribution < 1.29 is 9.53 Å². The standard InChI is InChI=1S/C11H14O2/c1-11(2,13-3)10(12)9-7-5-4-6-8-9/h4-8H,1-3H3. The summed E-state index contributed by atoms with van der Waals surface area (Å²) in [5.74, 6) is 0.00981. The largest absolute Gasteiger partial charge is 0.371 e. The van der Waals surface area contributed by atoms with Crippen LogP contribution in [0.25, 0.3) is 0 Å². The number of methoxy groups -OCH3 is 1. The van der Waals surface area contributed by atoms with Crippen LogP contribution < -0.4 is 0 Å². The van der Waals surface area contributed by atoms with E-state index < -0.39 is 5.60 Å². The summed E-state index contributed by atoms with van der Waals surface area (Å²) in [5, 5.41) is 0. The summed E-state index contributed by atoms with van der Waals surface area (Å²) in [4.78, 5) is 11.8. The van der Waals surface area contributed by atoms with E-state index in [1.54, 1.807) is 33.1 Å². The maximum absolute atomic E-state index is 11.8. The molecule has 0 aliphatic carbocycles. The number of ether oxygens (including phenoxy) is 1. The highest BCUT2D eigenvalue weighted by molar-refractivity contribution is 6.01. The molecule has 0 saturated heterocycles. The summed E-state index contributed by atoms with van der Waals surface area (Å²) < 4.78 is 5.10. The fraction of sp³-hybridized carbons (Fsp3) is 0.364. The van der Waals surface area contributed by atoms with E-state index in [4.69, 9.17) is 4.74 Å². The third-order valence-corrected chi connectivity index (χ3v) is 2.09. The summed E-state index contributed by atoms with van der Waals surface area (Å²) in [7, 11) is 1.54. The molecule has 0 saturated carbocycles. The Morgan fingerprint density at radius 1 is 1.23 bits per heavy atom. The fourth-order valence-corrected chi connectivity index (χ4v) is 1.03. The Kier molecular flexibility index (Phi) is 2.83. The predicted molar refractivity (Wildman–Crippen MR) is 51.9 cm³/mol. The highest BCUT2D eigenvalue weighted by Gasteiger charge is 2.27. The minimum atomic E-state index is -0.735. The van der Waals surface area contributed by atoms with Gasteiger partial charge in [-0.05, 0) is 13.8 Å². The van der Waals surface area contributed by atoms with Crippen molar-refractivity contribution in [1.82, 2.24) is 0 Å². The van der Waals surface area contributed by atoms with E-state index in [9.17, 15) is 4.79 Å². The minimum absolute atomic E-state index is 0.00981. The van der Waals surface area contributed by atoms with Crippen LogP contribution in [0.4, 0.5) is 0 Å². The van der Waals surface area contributed by atoms with Crippen molar-refractivity contribution in [2.24, 2.45) is 0 Å². The average molecular weight is 178 g/mol. The molecule has 2 nitrogen and oxygen atoms in total. The zero-order chi connectivity index (χ0) is 9.90. The predicted octanol–water partition coefficient (Wildman–Crippen LogP) is 2.29. The molecule has 0 N–H and O–H groups in total. The van der Waals surface area contributed by atoms with Crippen LogP contribution in [0.3, 0.4) is 0 Å². The SMILES string of the molecule is COC(C)(C)C(=O)c1ccccc1. The third-order valence-electron chi connectivity index (χ3n) is 2.09. The van der Waals surface area contributed by atoms with E-state index in [-0.39, 0.29) is 5.78 Å². The summed E-state index contributed by atoms with van der Waals surface area (Å²) >= 11 is 0. The van der Waals surface area contributed by atoms with Crippen LogP contribution in [0, 0.1) is 0 Å². The van der Waals surface area contributed by atoms with E-state index in [0.717, 1.165) is 0 Å².